The third-order valence-corrected chi connectivity index (χ3v) is 2.75. The van der Waals surface area contributed by atoms with E-state index >= 15 is 0 Å². The zero-order valence-corrected chi connectivity index (χ0v) is 10.2. The molecule has 0 fully saturated rings. The highest BCUT2D eigenvalue weighted by Gasteiger charge is 2.12. The van der Waals surface area contributed by atoms with Crippen LogP contribution in [0.15, 0.2) is 36.4 Å². The highest BCUT2D eigenvalue weighted by atomic mass is 19.1. The Morgan fingerprint density at radius 1 is 1.21 bits per heavy atom. The maximum absolute atomic E-state index is 13.9. The van der Waals surface area contributed by atoms with Crippen molar-refractivity contribution < 1.29 is 13.9 Å². The molecule has 0 spiro atoms. The van der Waals surface area contributed by atoms with Crippen molar-refractivity contribution in [2.24, 2.45) is 0 Å². The van der Waals surface area contributed by atoms with Crippen molar-refractivity contribution in [2.75, 3.05) is 7.11 Å². The molecule has 4 heteroatoms. The van der Waals surface area contributed by atoms with Crippen LogP contribution in [0.5, 0.6) is 5.75 Å². The minimum Gasteiger partial charge on any atom is -0.496 e. The van der Waals surface area contributed by atoms with E-state index in [1.165, 1.54) is 31.4 Å². The average Bonchev–Trinajstić information content (AvgIpc) is 2.47. The molecule has 0 saturated heterocycles. The topological polar surface area (TPSA) is 50.1 Å². The molecule has 3 nitrogen and oxygen atoms in total. The summed E-state index contributed by atoms with van der Waals surface area (Å²) in [5.41, 5.74) is 1.44. The third kappa shape index (κ3) is 2.45. The van der Waals surface area contributed by atoms with Gasteiger partial charge < -0.3 is 4.74 Å². The Bertz CT molecular complexity index is 674. The molecule has 0 heterocycles. The van der Waals surface area contributed by atoms with Gasteiger partial charge in [0.2, 0.25) is 0 Å². The van der Waals surface area contributed by atoms with Gasteiger partial charge in [-0.2, -0.15) is 5.26 Å². The molecule has 19 heavy (non-hydrogen) atoms. The lowest BCUT2D eigenvalue weighted by Gasteiger charge is -2.10. The first kappa shape index (κ1) is 12.8. The van der Waals surface area contributed by atoms with Crippen LogP contribution >= 0.6 is 0 Å². The lowest BCUT2D eigenvalue weighted by molar-refractivity contribution is 0.112. The Kier molecular flexibility index (Phi) is 3.58. The number of nitrogens with zero attached hydrogens (tertiary/aromatic N) is 1. The highest BCUT2D eigenvalue weighted by Crippen LogP contribution is 2.33. The quantitative estimate of drug-likeness (QED) is 0.791. The van der Waals surface area contributed by atoms with Crippen molar-refractivity contribution in [3.05, 3.63) is 53.3 Å². The third-order valence-electron chi connectivity index (χ3n) is 2.75. The number of ether oxygens (including phenoxy) is 1. The monoisotopic (exact) mass is 255 g/mol. The van der Waals surface area contributed by atoms with E-state index in [1.807, 2.05) is 6.07 Å². The van der Waals surface area contributed by atoms with Crippen molar-refractivity contribution in [1.82, 2.24) is 0 Å². The molecule has 2 aromatic carbocycles. The largest absolute Gasteiger partial charge is 0.496 e. The predicted octanol–water partition coefficient (Wildman–Crippen LogP) is 3.19. The fourth-order valence-electron chi connectivity index (χ4n) is 1.81. The van der Waals surface area contributed by atoms with Gasteiger partial charge in [0, 0.05) is 16.7 Å². The standard InChI is InChI=1S/C15H10FNO2/c1-19-15-5-3-10(8-17)6-13(15)12-7-11(9-18)2-4-14(12)16/h2-7,9H,1H3. The molecule has 0 radical (unpaired) electrons. The Morgan fingerprint density at radius 3 is 2.63 bits per heavy atom. The van der Waals surface area contributed by atoms with E-state index in [1.54, 1.807) is 12.1 Å². The molecule has 0 unspecified atom stereocenters. The van der Waals surface area contributed by atoms with Gasteiger partial charge in [-0.1, -0.05) is 0 Å². The summed E-state index contributed by atoms with van der Waals surface area (Å²) in [5, 5.41) is 8.90. The van der Waals surface area contributed by atoms with Gasteiger partial charge in [-0.25, -0.2) is 4.39 Å². The fourth-order valence-corrected chi connectivity index (χ4v) is 1.81. The number of methoxy groups -OCH3 is 1. The minimum atomic E-state index is -0.473. The average molecular weight is 255 g/mol. The van der Waals surface area contributed by atoms with Crippen molar-refractivity contribution in [1.29, 1.82) is 5.26 Å². The Balaban J connectivity index is 2.69. The van der Waals surface area contributed by atoms with Gasteiger partial charge in [0.05, 0.1) is 18.7 Å². The van der Waals surface area contributed by atoms with E-state index in [9.17, 15) is 9.18 Å². The SMILES string of the molecule is COc1ccc(C#N)cc1-c1cc(C=O)ccc1F. The van der Waals surface area contributed by atoms with Crippen LogP contribution in [0, 0.1) is 17.1 Å². The smallest absolute Gasteiger partial charge is 0.150 e. The van der Waals surface area contributed by atoms with Crippen LogP contribution in [-0.2, 0) is 0 Å². The molecule has 0 atom stereocenters. The van der Waals surface area contributed by atoms with E-state index in [0.29, 0.717) is 28.7 Å². The number of carbonyl (C=O) groups excluding carboxylic acids is 1. The minimum absolute atomic E-state index is 0.235. The maximum Gasteiger partial charge on any atom is 0.150 e. The van der Waals surface area contributed by atoms with Crippen LogP contribution in [0.4, 0.5) is 4.39 Å². The Labute approximate surface area is 109 Å². The molecule has 0 saturated carbocycles. The lowest BCUT2D eigenvalue weighted by atomic mass is 10.00. The Hall–Kier alpha value is -2.67. The van der Waals surface area contributed by atoms with Gasteiger partial charge in [0.25, 0.3) is 0 Å². The summed E-state index contributed by atoms with van der Waals surface area (Å²) in [5.74, 6) is -0.0278. The zero-order chi connectivity index (χ0) is 13.8. The summed E-state index contributed by atoms with van der Waals surface area (Å²) < 4.78 is 19.1. The van der Waals surface area contributed by atoms with E-state index < -0.39 is 5.82 Å². The van der Waals surface area contributed by atoms with Crippen molar-refractivity contribution in [3.63, 3.8) is 0 Å². The van der Waals surface area contributed by atoms with Crippen LogP contribution in [0.25, 0.3) is 11.1 Å². The first-order valence-corrected chi connectivity index (χ1v) is 5.53. The number of hydrogen-bond acceptors (Lipinski definition) is 3. The highest BCUT2D eigenvalue weighted by molar-refractivity contribution is 5.81. The number of carbonyl (C=O) groups is 1. The first-order valence-electron chi connectivity index (χ1n) is 5.53. The molecule has 0 aliphatic rings. The van der Waals surface area contributed by atoms with E-state index in [4.69, 9.17) is 10.00 Å². The van der Waals surface area contributed by atoms with Crippen LogP contribution in [0.2, 0.25) is 0 Å². The summed E-state index contributed by atoms with van der Waals surface area (Å²) >= 11 is 0. The lowest BCUT2D eigenvalue weighted by Crippen LogP contribution is -1.93. The van der Waals surface area contributed by atoms with E-state index in [2.05, 4.69) is 0 Å². The molecule has 0 aromatic heterocycles. The summed E-state index contributed by atoms with van der Waals surface area (Å²) in [6.07, 6.45) is 0.642. The first-order chi connectivity index (χ1) is 9.19. The second-order valence-electron chi connectivity index (χ2n) is 3.88. The van der Waals surface area contributed by atoms with Gasteiger partial charge >= 0.3 is 0 Å². The number of halogens is 1. The summed E-state index contributed by atoms with van der Waals surface area (Å²) in [6, 6.07) is 10.8. The van der Waals surface area contributed by atoms with Gasteiger partial charge in [-0.3, -0.25) is 4.79 Å². The summed E-state index contributed by atoms with van der Waals surface area (Å²) in [4.78, 5) is 10.8. The molecule has 0 N–H and O–H groups in total. The number of benzene rings is 2. The predicted molar refractivity (Wildman–Crippen MR) is 68.5 cm³/mol. The molecule has 0 bridgehead atoms. The van der Waals surface area contributed by atoms with Crippen LogP contribution in [-0.4, -0.2) is 13.4 Å². The molecule has 94 valence electrons. The number of nitriles is 1. The number of hydrogen-bond donors (Lipinski definition) is 0. The van der Waals surface area contributed by atoms with Crippen molar-refractivity contribution >= 4 is 6.29 Å². The van der Waals surface area contributed by atoms with Crippen molar-refractivity contribution in [2.45, 2.75) is 0 Å². The second-order valence-corrected chi connectivity index (χ2v) is 3.88. The van der Waals surface area contributed by atoms with Crippen LogP contribution < -0.4 is 4.74 Å². The molecular formula is C15H10FNO2. The van der Waals surface area contributed by atoms with Gasteiger partial charge in [-0.15, -0.1) is 0 Å². The second kappa shape index (κ2) is 5.32. The molecule has 2 rings (SSSR count). The van der Waals surface area contributed by atoms with Crippen molar-refractivity contribution in [3.8, 4) is 22.9 Å². The van der Waals surface area contributed by atoms with Gasteiger partial charge in [-0.05, 0) is 36.4 Å². The zero-order valence-electron chi connectivity index (χ0n) is 10.2. The van der Waals surface area contributed by atoms with E-state index in [0.717, 1.165) is 0 Å². The van der Waals surface area contributed by atoms with Crippen LogP contribution in [0.3, 0.4) is 0 Å². The summed E-state index contributed by atoms with van der Waals surface area (Å²) in [6.45, 7) is 0. The molecule has 2 aromatic rings. The number of rotatable bonds is 3. The van der Waals surface area contributed by atoms with Gasteiger partial charge in [0.1, 0.15) is 17.9 Å². The fraction of sp³-hybridized carbons (Fsp3) is 0.0667. The number of aldehydes is 1. The molecule has 0 aliphatic heterocycles. The molecule has 0 amide bonds. The maximum atomic E-state index is 13.9. The normalized spacial score (nSPS) is 9.74. The Morgan fingerprint density at radius 2 is 2.00 bits per heavy atom. The summed E-state index contributed by atoms with van der Waals surface area (Å²) in [7, 11) is 1.46. The van der Waals surface area contributed by atoms with Crippen LogP contribution in [0.1, 0.15) is 15.9 Å². The van der Waals surface area contributed by atoms with E-state index in [-0.39, 0.29) is 5.56 Å². The van der Waals surface area contributed by atoms with Gasteiger partial charge in [0.15, 0.2) is 0 Å². The molecule has 0 aliphatic carbocycles. The molecular weight excluding hydrogens is 245 g/mol.